The van der Waals surface area contributed by atoms with Crippen LogP contribution in [0.1, 0.15) is 25.0 Å². The molecule has 0 N–H and O–H groups in total. The summed E-state index contributed by atoms with van der Waals surface area (Å²) >= 11 is 0. The second kappa shape index (κ2) is 7.56. The van der Waals surface area contributed by atoms with Crippen LogP contribution in [-0.2, 0) is 23.5 Å². The highest BCUT2D eigenvalue weighted by atomic mass is 32.2. The largest absolute Gasteiger partial charge is 0.348 e. The fourth-order valence-electron chi connectivity index (χ4n) is 4.86. The molecule has 0 aliphatic carbocycles. The number of aryl methyl sites for hydroxylation is 2. The number of para-hydroxylation sites is 1. The third-order valence-electron chi connectivity index (χ3n) is 6.44. The van der Waals surface area contributed by atoms with Crippen molar-refractivity contribution in [1.29, 1.82) is 0 Å². The molecular formula is C25H26N2O2S. The molecule has 1 aliphatic heterocycles. The van der Waals surface area contributed by atoms with Gasteiger partial charge in [0, 0.05) is 36.2 Å². The van der Waals surface area contributed by atoms with E-state index in [1.54, 1.807) is 10.4 Å². The van der Waals surface area contributed by atoms with Crippen LogP contribution >= 0.6 is 0 Å². The van der Waals surface area contributed by atoms with Crippen molar-refractivity contribution in [3.8, 4) is 0 Å². The SMILES string of the molecule is Cn1c(CC[C@@H]2CCCN2S(=O)(=O)c2cccc3ccccc23)cc2ccccc21. The molecule has 5 heteroatoms. The highest BCUT2D eigenvalue weighted by Crippen LogP contribution is 2.32. The third-order valence-corrected chi connectivity index (χ3v) is 8.45. The first-order chi connectivity index (χ1) is 14.6. The van der Waals surface area contributed by atoms with Gasteiger partial charge in [-0.2, -0.15) is 4.31 Å². The van der Waals surface area contributed by atoms with Crippen molar-refractivity contribution in [3.63, 3.8) is 0 Å². The standard InChI is InChI=1S/C25H26N2O2S/c1-26-22(18-20-9-3-5-13-24(20)26)16-15-21-11-7-17-27(21)30(28,29)25-14-6-10-19-8-2-4-12-23(19)25/h2-6,8-10,12-14,18,21H,7,11,15-17H2,1H3/t21-/m0/s1. The lowest BCUT2D eigenvalue weighted by atomic mass is 10.1. The Balaban J connectivity index is 1.42. The molecule has 2 heterocycles. The van der Waals surface area contributed by atoms with Gasteiger partial charge in [0.1, 0.15) is 0 Å². The molecule has 4 aromatic rings. The number of fused-ring (bicyclic) bond motifs is 2. The van der Waals surface area contributed by atoms with Crippen LogP contribution in [0.2, 0.25) is 0 Å². The van der Waals surface area contributed by atoms with E-state index < -0.39 is 10.0 Å². The van der Waals surface area contributed by atoms with Gasteiger partial charge in [0.2, 0.25) is 10.0 Å². The lowest BCUT2D eigenvalue weighted by Crippen LogP contribution is -2.36. The average Bonchev–Trinajstić information content (AvgIpc) is 3.37. The predicted molar refractivity (Wildman–Crippen MR) is 122 cm³/mol. The molecule has 1 aromatic heterocycles. The summed E-state index contributed by atoms with van der Waals surface area (Å²) in [6.07, 6.45) is 3.56. The van der Waals surface area contributed by atoms with Crippen molar-refractivity contribution in [2.75, 3.05) is 6.54 Å². The van der Waals surface area contributed by atoms with E-state index in [4.69, 9.17) is 0 Å². The smallest absolute Gasteiger partial charge is 0.243 e. The van der Waals surface area contributed by atoms with Gasteiger partial charge in [-0.3, -0.25) is 0 Å². The summed E-state index contributed by atoms with van der Waals surface area (Å²) < 4.78 is 31.2. The van der Waals surface area contributed by atoms with Crippen LogP contribution in [0.3, 0.4) is 0 Å². The number of benzene rings is 3. The molecule has 1 atom stereocenters. The maximum absolute atomic E-state index is 13.6. The first-order valence-corrected chi connectivity index (χ1v) is 12.0. The van der Waals surface area contributed by atoms with Gasteiger partial charge in [0.05, 0.1) is 4.90 Å². The van der Waals surface area contributed by atoms with E-state index in [0.717, 1.165) is 36.5 Å². The summed E-state index contributed by atoms with van der Waals surface area (Å²) in [4.78, 5) is 0.428. The molecule has 3 aromatic carbocycles. The van der Waals surface area contributed by atoms with E-state index in [9.17, 15) is 8.42 Å². The molecule has 1 saturated heterocycles. The maximum Gasteiger partial charge on any atom is 0.243 e. The van der Waals surface area contributed by atoms with E-state index in [0.29, 0.717) is 11.4 Å². The van der Waals surface area contributed by atoms with Crippen molar-refractivity contribution < 1.29 is 8.42 Å². The molecule has 0 bridgehead atoms. The van der Waals surface area contributed by atoms with Gasteiger partial charge in [-0.1, -0.05) is 54.6 Å². The van der Waals surface area contributed by atoms with Crippen molar-refractivity contribution in [2.24, 2.45) is 7.05 Å². The number of rotatable bonds is 5. The molecule has 30 heavy (non-hydrogen) atoms. The van der Waals surface area contributed by atoms with Crippen LogP contribution in [0.4, 0.5) is 0 Å². The van der Waals surface area contributed by atoms with Gasteiger partial charge in [-0.15, -0.1) is 0 Å². The Morgan fingerprint density at radius 1 is 0.933 bits per heavy atom. The van der Waals surface area contributed by atoms with E-state index in [2.05, 4.69) is 41.9 Å². The Labute approximate surface area is 177 Å². The maximum atomic E-state index is 13.6. The fraction of sp³-hybridized carbons (Fsp3) is 0.280. The Morgan fingerprint density at radius 2 is 1.67 bits per heavy atom. The minimum Gasteiger partial charge on any atom is -0.348 e. The lowest BCUT2D eigenvalue weighted by molar-refractivity contribution is 0.369. The summed E-state index contributed by atoms with van der Waals surface area (Å²) in [5.41, 5.74) is 2.48. The van der Waals surface area contributed by atoms with Crippen molar-refractivity contribution >= 4 is 31.7 Å². The van der Waals surface area contributed by atoms with E-state index in [-0.39, 0.29) is 6.04 Å². The van der Waals surface area contributed by atoms with E-state index >= 15 is 0 Å². The second-order valence-electron chi connectivity index (χ2n) is 8.18. The number of hydrogen-bond donors (Lipinski definition) is 0. The molecule has 0 saturated carbocycles. The topological polar surface area (TPSA) is 42.3 Å². The first-order valence-electron chi connectivity index (χ1n) is 10.6. The van der Waals surface area contributed by atoms with Crippen molar-refractivity contribution in [2.45, 2.75) is 36.6 Å². The van der Waals surface area contributed by atoms with Gasteiger partial charge in [0.15, 0.2) is 0 Å². The van der Waals surface area contributed by atoms with Gasteiger partial charge >= 0.3 is 0 Å². The van der Waals surface area contributed by atoms with Crippen LogP contribution < -0.4 is 0 Å². The summed E-state index contributed by atoms with van der Waals surface area (Å²) in [6.45, 7) is 0.603. The van der Waals surface area contributed by atoms with Gasteiger partial charge in [-0.05, 0) is 54.7 Å². The van der Waals surface area contributed by atoms with Crippen LogP contribution in [0.5, 0.6) is 0 Å². The molecule has 5 rings (SSSR count). The molecule has 1 aliphatic rings. The quantitative estimate of drug-likeness (QED) is 0.452. The molecule has 0 unspecified atom stereocenters. The Morgan fingerprint density at radius 3 is 2.50 bits per heavy atom. The van der Waals surface area contributed by atoms with E-state index in [1.165, 1.54) is 16.6 Å². The Kier molecular flexibility index (Phi) is 4.88. The Hall–Kier alpha value is -2.63. The van der Waals surface area contributed by atoms with Gasteiger partial charge in [-0.25, -0.2) is 8.42 Å². The Bertz CT molecular complexity index is 1320. The van der Waals surface area contributed by atoms with E-state index in [1.807, 2.05) is 36.4 Å². The third kappa shape index (κ3) is 3.22. The van der Waals surface area contributed by atoms with Crippen LogP contribution in [-0.4, -0.2) is 29.9 Å². The summed E-state index contributed by atoms with van der Waals surface area (Å²) in [5, 5.41) is 3.01. The highest BCUT2D eigenvalue weighted by molar-refractivity contribution is 7.89. The zero-order chi connectivity index (χ0) is 20.7. The minimum atomic E-state index is -3.53. The van der Waals surface area contributed by atoms with Crippen LogP contribution in [0, 0.1) is 0 Å². The zero-order valence-electron chi connectivity index (χ0n) is 17.2. The second-order valence-corrected chi connectivity index (χ2v) is 10.0. The highest BCUT2D eigenvalue weighted by Gasteiger charge is 2.35. The number of aromatic nitrogens is 1. The number of nitrogens with zero attached hydrogens (tertiary/aromatic N) is 2. The number of sulfonamides is 1. The summed E-state index contributed by atoms with van der Waals surface area (Å²) in [7, 11) is -1.43. The first kappa shape index (κ1) is 19.3. The minimum absolute atomic E-state index is 0.0481. The molecule has 1 fully saturated rings. The van der Waals surface area contributed by atoms with Crippen LogP contribution in [0.25, 0.3) is 21.7 Å². The molecule has 0 spiro atoms. The molecule has 0 amide bonds. The summed E-state index contributed by atoms with van der Waals surface area (Å²) in [6, 6.07) is 23.9. The monoisotopic (exact) mass is 418 g/mol. The van der Waals surface area contributed by atoms with Crippen molar-refractivity contribution in [3.05, 3.63) is 78.5 Å². The van der Waals surface area contributed by atoms with Crippen LogP contribution in [0.15, 0.2) is 77.7 Å². The van der Waals surface area contributed by atoms with Gasteiger partial charge < -0.3 is 4.57 Å². The average molecular weight is 419 g/mol. The zero-order valence-corrected chi connectivity index (χ0v) is 18.0. The van der Waals surface area contributed by atoms with Crippen molar-refractivity contribution in [1.82, 2.24) is 8.87 Å². The predicted octanol–water partition coefficient (Wildman–Crippen LogP) is 5.12. The number of hydrogen-bond acceptors (Lipinski definition) is 2. The normalized spacial score (nSPS) is 17.8. The fourth-order valence-corrected chi connectivity index (χ4v) is 6.80. The molecule has 0 radical (unpaired) electrons. The molecule has 4 nitrogen and oxygen atoms in total. The lowest BCUT2D eigenvalue weighted by Gasteiger charge is -2.25. The van der Waals surface area contributed by atoms with Gasteiger partial charge in [0.25, 0.3) is 0 Å². The summed E-state index contributed by atoms with van der Waals surface area (Å²) in [5.74, 6) is 0. The molecule has 154 valence electrons. The molecular weight excluding hydrogens is 392 g/mol.